The minimum Gasteiger partial charge on any atom is -0.444 e. The number of carbonyl (C=O) groups is 2. The quantitative estimate of drug-likeness (QED) is 0.669. The Morgan fingerprint density at radius 1 is 1.39 bits per heavy atom. The fraction of sp³-hybridized carbons (Fsp3) is 0.846. The lowest BCUT2D eigenvalue weighted by atomic mass is 9.83. The number of nitrogens with zero attached hydrogens (tertiary/aromatic N) is 1. The Balaban J connectivity index is 2.16. The first kappa shape index (κ1) is 13.3. The summed E-state index contributed by atoms with van der Waals surface area (Å²) in [7, 11) is 0. The van der Waals surface area contributed by atoms with Crippen LogP contribution in [-0.4, -0.2) is 40.6 Å². The number of Topliss-reactive ketones (excluding diaryl/α,β-unsaturated/α-hetero) is 1. The number of hydrogen-bond acceptors (Lipinski definition) is 3. The summed E-state index contributed by atoms with van der Waals surface area (Å²) in [5, 5.41) is 0. The zero-order valence-electron chi connectivity index (χ0n) is 11.1. The highest BCUT2D eigenvalue weighted by Crippen LogP contribution is 2.34. The number of amides is 1. The van der Waals surface area contributed by atoms with Crippen molar-refractivity contribution in [2.75, 3.05) is 0 Å². The first-order valence-electron chi connectivity index (χ1n) is 6.48. The Morgan fingerprint density at radius 2 is 2.06 bits per heavy atom. The standard InChI is InChI=1S/C13H20FNO3/c1-13(2,3)18-12(17)15-8-5-4-6-9(15)11(14)10(16)7-8/h8-9,11H,4-7H2,1-3H3/t8?,9?,11-/m1/s1. The minimum absolute atomic E-state index is 0.122. The van der Waals surface area contributed by atoms with Gasteiger partial charge in [-0.3, -0.25) is 9.69 Å². The van der Waals surface area contributed by atoms with Crippen LogP contribution in [0.1, 0.15) is 46.5 Å². The van der Waals surface area contributed by atoms with E-state index in [1.807, 2.05) is 0 Å². The first-order valence-corrected chi connectivity index (χ1v) is 6.48. The third-order valence-electron chi connectivity index (χ3n) is 3.47. The number of ketones is 1. The molecule has 3 atom stereocenters. The normalized spacial score (nSPS) is 32.3. The van der Waals surface area contributed by atoms with Crippen molar-refractivity contribution in [3.8, 4) is 0 Å². The molecule has 4 nitrogen and oxygen atoms in total. The van der Waals surface area contributed by atoms with Gasteiger partial charge in [0.05, 0.1) is 6.04 Å². The number of halogens is 1. The maximum absolute atomic E-state index is 13.9. The first-order chi connectivity index (χ1) is 8.29. The van der Waals surface area contributed by atoms with Crippen LogP contribution in [0.5, 0.6) is 0 Å². The van der Waals surface area contributed by atoms with Crippen molar-refractivity contribution in [2.45, 2.75) is 70.3 Å². The third kappa shape index (κ3) is 2.49. The van der Waals surface area contributed by atoms with E-state index in [1.165, 1.54) is 4.90 Å². The zero-order chi connectivity index (χ0) is 13.5. The number of piperidine rings is 2. The molecule has 2 aliphatic rings. The molecule has 2 rings (SSSR count). The molecule has 2 aliphatic heterocycles. The fourth-order valence-corrected chi connectivity index (χ4v) is 2.76. The molecular formula is C13H20FNO3. The summed E-state index contributed by atoms with van der Waals surface area (Å²) in [5.74, 6) is -0.371. The van der Waals surface area contributed by atoms with Crippen molar-refractivity contribution >= 4 is 11.9 Å². The van der Waals surface area contributed by atoms with Gasteiger partial charge in [0.15, 0.2) is 12.0 Å². The van der Waals surface area contributed by atoms with Crippen molar-refractivity contribution in [1.29, 1.82) is 0 Å². The second-order valence-corrected chi connectivity index (χ2v) is 6.11. The minimum atomic E-state index is -1.55. The zero-order valence-corrected chi connectivity index (χ0v) is 11.1. The molecule has 18 heavy (non-hydrogen) atoms. The molecule has 0 saturated carbocycles. The Kier molecular flexibility index (Phi) is 3.34. The lowest BCUT2D eigenvalue weighted by molar-refractivity contribution is -0.135. The van der Waals surface area contributed by atoms with E-state index >= 15 is 0 Å². The van der Waals surface area contributed by atoms with Crippen LogP contribution in [0.25, 0.3) is 0 Å². The molecule has 5 heteroatoms. The smallest absolute Gasteiger partial charge is 0.410 e. The van der Waals surface area contributed by atoms with Gasteiger partial charge >= 0.3 is 6.09 Å². The summed E-state index contributed by atoms with van der Waals surface area (Å²) >= 11 is 0. The maximum Gasteiger partial charge on any atom is 0.410 e. The van der Waals surface area contributed by atoms with E-state index in [0.29, 0.717) is 6.42 Å². The lowest BCUT2D eigenvalue weighted by Crippen LogP contribution is -2.61. The highest BCUT2D eigenvalue weighted by atomic mass is 19.1. The molecule has 0 spiro atoms. The van der Waals surface area contributed by atoms with Crippen LogP contribution < -0.4 is 0 Å². The number of rotatable bonds is 0. The summed E-state index contributed by atoms with van der Waals surface area (Å²) in [5.41, 5.74) is -0.599. The number of fused-ring (bicyclic) bond motifs is 2. The van der Waals surface area contributed by atoms with E-state index in [4.69, 9.17) is 4.74 Å². The molecule has 0 aromatic carbocycles. The fourth-order valence-electron chi connectivity index (χ4n) is 2.76. The Morgan fingerprint density at radius 3 is 2.67 bits per heavy atom. The topological polar surface area (TPSA) is 46.6 Å². The van der Waals surface area contributed by atoms with Gasteiger partial charge in [-0.15, -0.1) is 0 Å². The van der Waals surface area contributed by atoms with E-state index in [1.54, 1.807) is 20.8 Å². The highest BCUT2D eigenvalue weighted by molar-refractivity contribution is 5.87. The molecule has 2 unspecified atom stereocenters. The number of carbonyl (C=O) groups excluding carboxylic acids is 2. The van der Waals surface area contributed by atoms with Crippen molar-refractivity contribution < 1.29 is 18.7 Å². The van der Waals surface area contributed by atoms with Gasteiger partial charge in [-0.2, -0.15) is 0 Å². The van der Waals surface area contributed by atoms with Crippen LogP contribution in [0.2, 0.25) is 0 Å². The van der Waals surface area contributed by atoms with Crippen molar-refractivity contribution in [2.24, 2.45) is 0 Å². The van der Waals surface area contributed by atoms with Crippen LogP contribution in [0.4, 0.5) is 9.18 Å². The van der Waals surface area contributed by atoms with Gasteiger partial charge in [0.1, 0.15) is 5.60 Å². The van der Waals surface area contributed by atoms with Crippen LogP contribution in [0.3, 0.4) is 0 Å². The van der Waals surface area contributed by atoms with Gasteiger partial charge in [0.25, 0.3) is 0 Å². The molecule has 1 amide bonds. The van der Waals surface area contributed by atoms with Gasteiger partial charge in [-0.25, -0.2) is 9.18 Å². The van der Waals surface area contributed by atoms with E-state index in [-0.39, 0.29) is 18.2 Å². The van der Waals surface area contributed by atoms with Gasteiger partial charge in [-0.05, 0) is 40.0 Å². The summed E-state index contributed by atoms with van der Waals surface area (Å²) in [6.45, 7) is 5.34. The van der Waals surface area contributed by atoms with E-state index in [0.717, 1.165) is 12.8 Å². The molecule has 0 aromatic heterocycles. The van der Waals surface area contributed by atoms with Gasteiger partial charge in [-0.1, -0.05) is 0 Å². The molecule has 102 valence electrons. The van der Waals surface area contributed by atoms with E-state index < -0.39 is 23.9 Å². The van der Waals surface area contributed by atoms with Crippen molar-refractivity contribution in [3.63, 3.8) is 0 Å². The average Bonchev–Trinajstić information content (AvgIpc) is 2.23. The summed E-state index contributed by atoms with van der Waals surface area (Å²) in [4.78, 5) is 25.1. The monoisotopic (exact) mass is 257 g/mol. The lowest BCUT2D eigenvalue weighted by Gasteiger charge is -2.46. The Hall–Kier alpha value is -1.13. The summed E-state index contributed by atoms with van der Waals surface area (Å²) < 4.78 is 19.2. The van der Waals surface area contributed by atoms with E-state index in [2.05, 4.69) is 0 Å². The molecule has 0 N–H and O–H groups in total. The predicted molar refractivity (Wildman–Crippen MR) is 64.0 cm³/mol. The summed E-state index contributed by atoms with van der Waals surface area (Å²) in [6.07, 6.45) is 0.247. The van der Waals surface area contributed by atoms with Crippen molar-refractivity contribution in [1.82, 2.24) is 4.90 Å². The van der Waals surface area contributed by atoms with Gasteiger partial charge in [0, 0.05) is 12.5 Å². The van der Waals surface area contributed by atoms with Crippen LogP contribution >= 0.6 is 0 Å². The van der Waals surface area contributed by atoms with Crippen molar-refractivity contribution in [3.05, 3.63) is 0 Å². The summed E-state index contributed by atoms with van der Waals surface area (Å²) in [6, 6.07) is -0.807. The Labute approximate surface area is 106 Å². The number of ether oxygens (including phenoxy) is 1. The molecule has 0 aromatic rings. The molecule has 0 radical (unpaired) electrons. The number of hydrogen-bond donors (Lipinski definition) is 0. The predicted octanol–water partition coefficient (Wildman–Crippen LogP) is 2.46. The SMILES string of the molecule is CC(C)(C)OC(=O)N1C2CCCC1[C@@H](F)C(=O)C2. The maximum atomic E-state index is 13.9. The van der Waals surface area contributed by atoms with Crippen LogP contribution in [0, 0.1) is 0 Å². The Bertz CT molecular complexity index is 364. The average molecular weight is 257 g/mol. The second kappa shape index (κ2) is 4.52. The molecule has 2 saturated heterocycles. The molecule has 0 aliphatic carbocycles. The van der Waals surface area contributed by atoms with Crippen LogP contribution in [-0.2, 0) is 9.53 Å². The second-order valence-electron chi connectivity index (χ2n) is 6.11. The molecule has 2 fully saturated rings. The highest BCUT2D eigenvalue weighted by Gasteiger charge is 2.48. The molecule has 2 bridgehead atoms. The van der Waals surface area contributed by atoms with E-state index in [9.17, 15) is 14.0 Å². The largest absolute Gasteiger partial charge is 0.444 e. The molecule has 2 heterocycles. The van der Waals surface area contributed by atoms with Gasteiger partial charge < -0.3 is 4.74 Å². The number of alkyl halides is 1. The molecular weight excluding hydrogens is 237 g/mol. The third-order valence-corrected chi connectivity index (χ3v) is 3.47. The van der Waals surface area contributed by atoms with Crippen LogP contribution in [0.15, 0.2) is 0 Å². The van der Waals surface area contributed by atoms with Gasteiger partial charge in [0.2, 0.25) is 0 Å².